The van der Waals surface area contributed by atoms with Crippen molar-refractivity contribution in [2.75, 3.05) is 0 Å². The molecule has 0 aliphatic heterocycles. The number of carbonyl (C=O) groups is 1. The van der Waals surface area contributed by atoms with E-state index in [4.69, 9.17) is 4.98 Å². The zero-order chi connectivity index (χ0) is 24.3. The SMILES string of the molecule is CCC[C@H](N[S@@+]([O-])C(C)(C)C)c1cccc(-c2ccc3cnn(-c4cccc(C=O)n4)c3c2)n1. The van der Waals surface area contributed by atoms with Gasteiger partial charge in [0, 0.05) is 22.3 Å². The van der Waals surface area contributed by atoms with Gasteiger partial charge in [-0.25, -0.2) is 9.67 Å². The van der Waals surface area contributed by atoms with Crippen molar-refractivity contribution in [2.45, 2.75) is 51.3 Å². The van der Waals surface area contributed by atoms with Crippen molar-refractivity contribution in [2.24, 2.45) is 0 Å². The van der Waals surface area contributed by atoms with E-state index in [0.717, 1.165) is 47.0 Å². The van der Waals surface area contributed by atoms with Gasteiger partial charge in [-0.2, -0.15) is 5.10 Å². The molecule has 4 aromatic rings. The van der Waals surface area contributed by atoms with Crippen LogP contribution in [0, 0.1) is 0 Å². The third-order valence-corrected chi connectivity index (χ3v) is 7.08. The van der Waals surface area contributed by atoms with Crippen LogP contribution in [0.3, 0.4) is 0 Å². The van der Waals surface area contributed by atoms with Crippen LogP contribution in [0.1, 0.15) is 62.8 Å². The second-order valence-electron chi connectivity index (χ2n) is 9.16. The van der Waals surface area contributed by atoms with Crippen LogP contribution in [0.5, 0.6) is 0 Å². The van der Waals surface area contributed by atoms with E-state index in [1.165, 1.54) is 0 Å². The Hall–Kier alpha value is -3.07. The number of fused-ring (bicyclic) bond motifs is 1. The number of hydrogen-bond donors (Lipinski definition) is 1. The highest BCUT2D eigenvalue weighted by atomic mass is 32.2. The van der Waals surface area contributed by atoms with Gasteiger partial charge in [-0.1, -0.05) is 37.6 Å². The van der Waals surface area contributed by atoms with E-state index in [1.54, 1.807) is 23.0 Å². The minimum absolute atomic E-state index is 0.102. The molecular formula is C26H29N5O2S. The number of benzene rings is 1. The third-order valence-electron chi connectivity index (χ3n) is 5.47. The topological polar surface area (TPSA) is 95.8 Å². The zero-order valence-electron chi connectivity index (χ0n) is 19.9. The Bertz CT molecular complexity index is 1300. The average Bonchev–Trinajstić information content (AvgIpc) is 3.26. The molecule has 0 saturated carbocycles. The van der Waals surface area contributed by atoms with E-state index < -0.39 is 11.4 Å². The molecule has 2 atom stereocenters. The van der Waals surface area contributed by atoms with Crippen molar-refractivity contribution in [1.29, 1.82) is 0 Å². The lowest BCUT2D eigenvalue weighted by molar-refractivity contribution is 0.111. The van der Waals surface area contributed by atoms with Gasteiger partial charge in [0.2, 0.25) is 0 Å². The number of pyridine rings is 2. The predicted molar refractivity (Wildman–Crippen MR) is 136 cm³/mol. The minimum atomic E-state index is -1.19. The van der Waals surface area contributed by atoms with E-state index in [1.807, 2.05) is 63.2 Å². The molecule has 0 fully saturated rings. The van der Waals surface area contributed by atoms with Crippen molar-refractivity contribution >= 4 is 28.6 Å². The summed E-state index contributed by atoms with van der Waals surface area (Å²) in [6, 6.07) is 17.2. The fourth-order valence-corrected chi connectivity index (χ4v) is 4.50. The summed E-state index contributed by atoms with van der Waals surface area (Å²) in [5, 5.41) is 5.44. The van der Waals surface area contributed by atoms with E-state index in [9.17, 15) is 9.35 Å². The van der Waals surface area contributed by atoms with Crippen LogP contribution in [-0.4, -0.2) is 35.3 Å². The van der Waals surface area contributed by atoms with Crippen LogP contribution in [0.25, 0.3) is 28.0 Å². The van der Waals surface area contributed by atoms with E-state index in [2.05, 4.69) is 21.7 Å². The molecule has 3 aromatic heterocycles. The molecule has 0 radical (unpaired) electrons. The van der Waals surface area contributed by atoms with Gasteiger partial charge in [-0.15, -0.1) is 4.72 Å². The molecule has 0 unspecified atom stereocenters. The third kappa shape index (κ3) is 5.19. The van der Waals surface area contributed by atoms with Crippen LogP contribution in [-0.2, 0) is 11.4 Å². The molecule has 1 aromatic carbocycles. The first-order valence-corrected chi connectivity index (χ1v) is 12.5. The first kappa shape index (κ1) is 24.1. The second-order valence-corrected chi connectivity index (χ2v) is 11.2. The molecule has 0 amide bonds. The van der Waals surface area contributed by atoms with Gasteiger partial charge in [0.15, 0.2) is 12.1 Å². The van der Waals surface area contributed by atoms with Gasteiger partial charge in [-0.05, 0) is 57.5 Å². The molecule has 8 heteroatoms. The van der Waals surface area contributed by atoms with Crippen LogP contribution >= 0.6 is 0 Å². The van der Waals surface area contributed by atoms with Gasteiger partial charge in [-0.3, -0.25) is 9.78 Å². The summed E-state index contributed by atoms with van der Waals surface area (Å²) in [6.07, 6.45) is 4.29. The maximum atomic E-state index is 12.7. The van der Waals surface area contributed by atoms with E-state index in [-0.39, 0.29) is 10.8 Å². The van der Waals surface area contributed by atoms with Gasteiger partial charge in [0.1, 0.15) is 10.4 Å². The molecule has 3 heterocycles. The van der Waals surface area contributed by atoms with Crippen molar-refractivity contribution in [3.05, 3.63) is 72.2 Å². The van der Waals surface area contributed by atoms with Gasteiger partial charge in [0.25, 0.3) is 0 Å². The molecular weight excluding hydrogens is 446 g/mol. The molecule has 0 aliphatic rings. The molecule has 34 heavy (non-hydrogen) atoms. The van der Waals surface area contributed by atoms with Crippen molar-refractivity contribution in [1.82, 2.24) is 24.5 Å². The summed E-state index contributed by atoms with van der Waals surface area (Å²) in [5.41, 5.74) is 3.86. The smallest absolute Gasteiger partial charge is 0.168 e. The Morgan fingerprint density at radius 1 is 1.12 bits per heavy atom. The van der Waals surface area contributed by atoms with Crippen LogP contribution in [0.2, 0.25) is 0 Å². The summed E-state index contributed by atoms with van der Waals surface area (Å²) in [7, 11) is 0. The van der Waals surface area contributed by atoms with Crippen molar-refractivity contribution in [3.63, 3.8) is 0 Å². The molecule has 0 spiro atoms. The van der Waals surface area contributed by atoms with Gasteiger partial charge in [0.05, 0.1) is 29.1 Å². The van der Waals surface area contributed by atoms with Crippen LogP contribution < -0.4 is 4.72 Å². The molecule has 0 aliphatic carbocycles. The molecule has 0 bridgehead atoms. The highest BCUT2D eigenvalue weighted by molar-refractivity contribution is 7.90. The summed E-state index contributed by atoms with van der Waals surface area (Å²) >= 11 is -1.19. The Morgan fingerprint density at radius 2 is 1.91 bits per heavy atom. The Kier molecular flexibility index (Phi) is 7.11. The average molecular weight is 476 g/mol. The maximum Gasteiger partial charge on any atom is 0.168 e. The summed E-state index contributed by atoms with van der Waals surface area (Å²) in [6.45, 7) is 7.99. The van der Waals surface area contributed by atoms with Gasteiger partial charge >= 0.3 is 0 Å². The number of carbonyl (C=O) groups excluding carboxylic acids is 1. The lowest BCUT2D eigenvalue weighted by Gasteiger charge is -2.27. The van der Waals surface area contributed by atoms with E-state index >= 15 is 0 Å². The Morgan fingerprint density at radius 3 is 2.65 bits per heavy atom. The van der Waals surface area contributed by atoms with Crippen LogP contribution in [0.4, 0.5) is 0 Å². The lowest BCUT2D eigenvalue weighted by atomic mass is 10.1. The number of aromatic nitrogens is 4. The fourth-order valence-electron chi connectivity index (χ4n) is 3.65. The zero-order valence-corrected chi connectivity index (χ0v) is 20.7. The quantitative estimate of drug-likeness (QED) is 0.278. The highest BCUT2D eigenvalue weighted by Gasteiger charge is 2.30. The monoisotopic (exact) mass is 475 g/mol. The van der Waals surface area contributed by atoms with Gasteiger partial charge < -0.3 is 4.55 Å². The summed E-state index contributed by atoms with van der Waals surface area (Å²) < 4.78 is 17.4. The standard InChI is InChI=1S/C26H29N5O2S/c1-5-8-23(30-34(33)26(2,3)4)22-11-7-10-21(29-22)18-13-14-19-16-27-31(24(19)15-18)25-12-6-9-20(17-32)28-25/h6-7,9-17,23,30H,5,8H2,1-4H3/t23-,34-/m0/s1. The molecule has 0 saturated heterocycles. The van der Waals surface area contributed by atoms with Crippen molar-refractivity contribution < 1.29 is 9.35 Å². The maximum absolute atomic E-state index is 12.7. The number of rotatable bonds is 8. The Balaban J connectivity index is 1.70. The fraction of sp³-hybridized carbons (Fsp3) is 0.308. The second kappa shape index (κ2) is 10.0. The number of hydrogen-bond acceptors (Lipinski definition) is 6. The summed E-state index contributed by atoms with van der Waals surface area (Å²) in [5.74, 6) is 0.579. The first-order chi connectivity index (χ1) is 16.3. The number of nitrogens with one attached hydrogen (secondary N) is 1. The molecule has 4 rings (SSSR count). The Labute approximate surface area is 202 Å². The number of nitrogens with zero attached hydrogens (tertiary/aromatic N) is 4. The molecule has 7 nitrogen and oxygen atoms in total. The lowest BCUT2D eigenvalue weighted by Crippen LogP contribution is -2.41. The number of aldehydes is 1. The largest absolute Gasteiger partial charge is 0.598 e. The van der Waals surface area contributed by atoms with Crippen LogP contribution in [0.15, 0.2) is 60.8 Å². The summed E-state index contributed by atoms with van der Waals surface area (Å²) in [4.78, 5) is 20.5. The predicted octanol–water partition coefficient (Wildman–Crippen LogP) is 5.19. The molecule has 1 N–H and O–H groups in total. The first-order valence-electron chi connectivity index (χ1n) is 11.4. The van der Waals surface area contributed by atoms with E-state index in [0.29, 0.717) is 11.5 Å². The van der Waals surface area contributed by atoms with Crippen molar-refractivity contribution in [3.8, 4) is 17.1 Å². The molecule has 176 valence electrons. The minimum Gasteiger partial charge on any atom is -0.598 e. The normalized spacial score (nSPS) is 13.7. The highest BCUT2D eigenvalue weighted by Crippen LogP contribution is 2.28.